The Balaban J connectivity index is 0.962. The lowest BCUT2D eigenvalue weighted by atomic mass is 9.83. The summed E-state index contributed by atoms with van der Waals surface area (Å²) >= 11 is 1.51. The van der Waals surface area contributed by atoms with E-state index in [1.165, 1.54) is 35.0 Å². The molecule has 8 heteroatoms. The molecule has 4 aromatic rings. The molecule has 3 atom stereocenters. The second kappa shape index (κ2) is 14.1. The van der Waals surface area contributed by atoms with Crippen molar-refractivity contribution in [2.45, 2.75) is 57.1 Å². The summed E-state index contributed by atoms with van der Waals surface area (Å²) in [6.07, 6.45) is 11.9. The fourth-order valence-corrected chi connectivity index (χ4v) is 7.00. The standard InChI is InChI=1S/C38H40N4O3S/c43-36(40-22-25-16-17-25)29(23-41-38-42-32(24-46-38)28-19-18-26-9-1-2-10-27(26)21-28)11-7-8-20-39-37(44)35-30-12-3-5-14-33(30)45-34-15-6-4-13-31(34)35/h1-3,5-6,9-10,12,14-15,18-19,21,23-25,29,35-36,40,43H,4,7-8,11,13,16-17,20,22H2,(H,39,44)/b41-23+. The molecule has 1 amide bonds. The summed E-state index contributed by atoms with van der Waals surface area (Å²) in [7, 11) is 0. The minimum absolute atomic E-state index is 0.0220. The molecule has 7 rings (SSSR count). The van der Waals surface area contributed by atoms with Crippen LogP contribution in [-0.2, 0) is 4.79 Å². The van der Waals surface area contributed by atoms with Crippen molar-refractivity contribution in [3.63, 3.8) is 0 Å². The second-order valence-corrected chi connectivity index (χ2v) is 13.3. The normalized spacial score (nSPS) is 18.7. The highest BCUT2D eigenvalue weighted by molar-refractivity contribution is 7.13. The van der Waals surface area contributed by atoms with Gasteiger partial charge in [-0.2, -0.15) is 0 Å². The van der Waals surface area contributed by atoms with Crippen LogP contribution in [0.4, 0.5) is 5.13 Å². The number of unbranched alkanes of at least 4 members (excludes halogenated alkanes) is 1. The molecule has 3 aromatic carbocycles. The second-order valence-electron chi connectivity index (χ2n) is 12.5. The monoisotopic (exact) mass is 632 g/mol. The van der Waals surface area contributed by atoms with Crippen LogP contribution in [0.1, 0.15) is 56.4 Å². The minimum Gasteiger partial charge on any atom is -0.457 e. The van der Waals surface area contributed by atoms with Gasteiger partial charge in [0.2, 0.25) is 11.0 Å². The van der Waals surface area contributed by atoms with E-state index in [0.29, 0.717) is 17.6 Å². The first-order chi connectivity index (χ1) is 22.6. The number of aliphatic hydroxyl groups is 1. The van der Waals surface area contributed by atoms with E-state index in [-0.39, 0.29) is 17.7 Å². The molecule has 7 nitrogen and oxygen atoms in total. The summed E-state index contributed by atoms with van der Waals surface area (Å²) in [5.74, 6) is 1.77. The number of carbonyl (C=O) groups excluding carboxylic acids is 1. The minimum atomic E-state index is -0.678. The molecule has 0 saturated heterocycles. The molecule has 2 aliphatic carbocycles. The summed E-state index contributed by atoms with van der Waals surface area (Å²) in [5.41, 5.74) is 3.96. The Morgan fingerprint density at radius 3 is 2.83 bits per heavy atom. The van der Waals surface area contributed by atoms with E-state index in [1.54, 1.807) is 0 Å². The van der Waals surface area contributed by atoms with Gasteiger partial charge in [-0.15, -0.1) is 11.3 Å². The summed E-state index contributed by atoms with van der Waals surface area (Å²) in [6, 6.07) is 22.5. The lowest BCUT2D eigenvalue weighted by Gasteiger charge is -2.30. The van der Waals surface area contributed by atoms with Gasteiger partial charge in [0.15, 0.2) is 0 Å². The summed E-state index contributed by atoms with van der Waals surface area (Å²) in [4.78, 5) is 23.0. The molecule has 3 N–H and O–H groups in total. The van der Waals surface area contributed by atoms with Crippen LogP contribution in [0.3, 0.4) is 0 Å². The molecule has 3 aliphatic rings. The summed E-state index contributed by atoms with van der Waals surface area (Å²) in [5, 5.41) is 22.7. The van der Waals surface area contributed by atoms with E-state index in [9.17, 15) is 9.90 Å². The van der Waals surface area contributed by atoms with Gasteiger partial charge in [-0.3, -0.25) is 10.1 Å². The van der Waals surface area contributed by atoms with Crippen LogP contribution >= 0.6 is 11.3 Å². The van der Waals surface area contributed by atoms with E-state index < -0.39 is 6.23 Å². The number of nitrogens with zero attached hydrogens (tertiary/aromatic N) is 2. The van der Waals surface area contributed by atoms with Crippen LogP contribution in [-0.4, -0.2) is 41.5 Å². The van der Waals surface area contributed by atoms with Crippen molar-refractivity contribution in [2.75, 3.05) is 13.1 Å². The van der Waals surface area contributed by atoms with Crippen LogP contribution < -0.4 is 15.4 Å². The molecule has 1 fully saturated rings. The maximum atomic E-state index is 13.5. The van der Waals surface area contributed by atoms with Crippen LogP contribution in [0, 0.1) is 11.8 Å². The number of fused-ring (bicyclic) bond motifs is 2. The Hall–Kier alpha value is -4.11. The number of aliphatic hydroxyl groups excluding tert-OH is 1. The highest BCUT2D eigenvalue weighted by Gasteiger charge is 2.34. The first-order valence-corrected chi connectivity index (χ1v) is 17.3. The average molecular weight is 633 g/mol. The number of nitrogens with one attached hydrogen (secondary N) is 2. The van der Waals surface area contributed by atoms with E-state index in [0.717, 1.165) is 72.6 Å². The molecule has 1 aromatic heterocycles. The van der Waals surface area contributed by atoms with Gasteiger partial charge in [0, 0.05) is 41.7 Å². The number of hydrogen-bond donors (Lipinski definition) is 3. The van der Waals surface area contributed by atoms with Gasteiger partial charge in [-0.1, -0.05) is 67.1 Å². The number of allylic oxidation sites excluding steroid dienone is 2. The topological polar surface area (TPSA) is 95.8 Å². The van der Waals surface area contributed by atoms with Crippen LogP contribution in [0.25, 0.3) is 22.0 Å². The third kappa shape index (κ3) is 7.15. The Morgan fingerprint density at radius 1 is 1.09 bits per heavy atom. The fraction of sp³-hybridized carbons (Fsp3) is 0.342. The molecule has 46 heavy (non-hydrogen) atoms. The molecule has 1 aliphatic heterocycles. The fourth-order valence-electron chi connectivity index (χ4n) is 6.32. The molecule has 0 radical (unpaired) electrons. The van der Waals surface area contributed by atoms with Gasteiger partial charge in [0.25, 0.3) is 0 Å². The number of thiazole rings is 1. The van der Waals surface area contributed by atoms with E-state index in [1.807, 2.05) is 54.1 Å². The van der Waals surface area contributed by atoms with Crippen molar-refractivity contribution in [1.29, 1.82) is 0 Å². The number of aliphatic imine (C=N–C) groups is 1. The number of rotatable bonds is 13. The van der Waals surface area contributed by atoms with E-state index in [4.69, 9.17) is 14.7 Å². The van der Waals surface area contributed by atoms with Crippen LogP contribution in [0.5, 0.6) is 5.75 Å². The predicted octanol–water partition coefficient (Wildman–Crippen LogP) is 7.67. The Kier molecular flexibility index (Phi) is 9.37. The molecule has 0 bridgehead atoms. The largest absolute Gasteiger partial charge is 0.457 e. The van der Waals surface area contributed by atoms with Crippen LogP contribution in [0.15, 0.2) is 101 Å². The Morgan fingerprint density at radius 2 is 1.93 bits per heavy atom. The molecule has 0 spiro atoms. The van der Waals surface area contributed by atoms with Crippen molar-refractivity contribution in [2.24, 2.45) is 16.8 Å². The van der Waals surface area contributed by atoms with E-state index >= 15 is 0 Å². The van der Waals surface area contributed by atoms with Gasteiger partial charge in [-0.05, 0) is 79.0 Å². The molecule has 3 unspecified atom stereocenters. The zero-order valence-electron chi connectivity index (χ0n) is 25.9. The first kappa shape index (κ1) is 30.5. The average Bonchev–Trinajstić information content (AvgIpc) is 3.81. The zero-order chi connectivity index (χ0) is 31.3. The number of benzene rings is 3. The van der Waals surface area contributed by atoms with Crippen molar-refractivity contribution in [3.05, 3.63) is 101 Å². The highest BCUT2D eigenvalue weighted by Crippen LogP contribution is 2.43. The maximum absolute atomic E-state index is 13.5. The predicted molar refractivity (Wildman–Crippen MR) is 186 cm³/mol. The van der Waals surface area contributed by atoms with Gasteiger partial charge in [0.1, 0.15) is 17.7 Å². The smallest absolute Gasteiger partial charge is 0.231 e. The van der Waals surface area contributed by atoms with Crippen molar-refractivity contribution >= 4 is 39.4 Å². The summed E-state index contributed by atoms with van der Waals surface area (Å²) in [6.45, 7) is 1.40. The van der Waals surface area contributed by atoms with E-state index in [2.05, 4.69) is 47.0 Å². The molecule has 2 heterocycles. The van der Waals surface area contributed by atoms with Gasteiger partial charge in [-0.25, -0.2) is 9.98 Å². The summed E-state index contributed by atoms with van der Waals surface area (Å²) < 4.78 is 6.11. The molecular formula is C38H40N4O3S. The zero-order valence-corrected chi connectivity index (χ0v) is 26.7. The Bertz CT molecular complexity index is 1790. The lowest BCUT2D eigenvalue weighted by molar-refractivity contribution is -0.122. The molecule has 1 saturated carbocycles. The number of amides is 1. The number of aromatic nitrogens is 1. The Labute approximate surface area is 274 Å². The van der Waals surface area contributed by atoms with Crippen molar-refractivity contribution in [1.82, 2.24) is 15.6 Å². The number of para-hydroxylation sites is 1. The first-order valence-electron chi connectivity index (χ1n) is 16.5. The van der Waals surface area contributed by atoms with Gasteiger partial charge < -0.3 is 15.2 Å². The SMILES string of the molecule is O=C(NCCCCC(/C=N/c1nc(-c2ccc3ccccc3c2)cs1)C(O)NCC1CC1)C1C2=C(C=CCC2)Oc2ccccc21. The number of carbonyl (C=O) groups is 1. The van der Waals surface area contributed by atoms with Crippen LogP contribution in [0.2, 0.25) is 0 Å². The molecular weight excluding hydrogens is 593 g/mol. The maximum Gasteiger partial charge on any atom is 0.231 e. The lowest BCUT2D eigenvalue weighted by Crippen LogP contribution is -2.38. The van der Waals surface area contributed by atoms with Crippen molar-refractivity contribution < 1.29 is 14.6 Å². The number of hydrogen-bond acceptors (Lipinski definition) is 7. The van der Waals surface area contributed by atoms with Gasteiger partial charge >= 0.3 is 0 Å². The number of ether oxygens (including phenoxy) is 1. The quantitative estimate of drug-likeness (QED) is 0.0799. The molecule has 236 valence electrons. The third-order valence-corrected chi connectivity index (χ3v) is 9.87. The van der Waals surface area contributed by atoms with Crippen molar-refractivity contribution in [3.8, 4) is 17.0 Å². The van der Waals surface area contributed by atoms with Gasteiger partial charge in [0.05, 0.1) is 11.6 Å². The third-order valence-electron chi connectivity index (χ3n) is 9.12. The highest BCUT2D eigenvalue weighted by atomic mass is 32.1.